The van der Waals surface area contributed by atoms with E-state index in [4.69, 9.17) is 0 Å². The molecule has 0 aromatic heterocycles. The number of nitrogens with one attached hydrogen (secondary N) is 1. The van der Waals surface area contributed by atoms with Gasteiger partial charge in [-0.1, -0.05) is 47.6 Å². The summed E-state index contributed by atoms with van der Waals surface area (Å²) >= 11 is 0. The molecule has 0 radical (unpaired) electrons. The molecule has 0 amide bonds. The number of hydrogen-bond donors (Lipinski definition) is 2. The molecule has 0 unspecified atom stereocenters. The van der Waals surface area contributed by atoms with Crippen LogP contribution >= 0.6 is 0 Å². The van der Waals surface area contributed by atoms with Crippen LogP contribution in [0.2, 0.25) is 0 Å². The molecule has 0 heterocycles. The second-order valence-electron chi connectivity index (χ2n) is 15.9. The first-order valence-corrected chi connectivity index (χ1v) is 17.0. The molecule has 0 aromatic carbocycles. The predicted molar refractivity (Wildman–Crippen MR) is 160 cm³/mol. The lowest BCUT2D eigenvalue weighted by atomic mass is 9.33. The highest BCUT2D eigenvalue weighted by Gasteiger charge is 2.75. The average Bonchev–Trinajstić information content (AvgIpc) is 2.90. The number of ether oxygens (including phenoxy) is 1. The van der Waals surface area contributed by atoms with Crippen molar-refractivity contribution in [3.63, 3.8) is 0 Å². The summed E-state index contributed by atoms with van der Waals surface area (Å²) in [7, 11) is -2.89. The first-order valence-electron chi connectivity index (χ1n) is 15.3. The predicted octanol–water partition coefficient (Wildman–Crippen LogP) is 4.17. The van der Waals surface area contributed by atoms with E-state index in [1.165, 1.54) is 0 Å². The van der Waals surface area contributed by atoms with Gasteiger partial charge in [0.2, 0.25) is 10.0 Å². The van der Waals surface area contributed by atoms with Gasteiger partial charge in [0, 0.05) is 27.7 Å². The van der Waals surface area contributed by atoms with E-state index in [0.717, 1.165) is 19.1 Å². The standard InChI is InChI=1S/C33H46N2O7S/c1-27(2)21-9-10-31(6)22(30(21,5)16-20(18-34)26(27)38)15-24(36)33(39)23-17-29(4,35-43(40,41)19-25(37)42-8)13-11-28(23,3)12-14-32(31,33)7/h15-16,21,23,35,39H,9-14,17,19H2,1-8H3/t21-,23+,28-,29-,30-,31+,32-,33+/m0/s1. The summed E-state index contributed by atoms with van der Waals surface area (Å²) in [5, 5.41) is 22.9. The van der Waals surface area contributed by atoms with E-state index in [-0.39, 0.29) is 29.5 Å². The van der Waals surface area contributed by atoms with Gasteiger partial charge in [0.15, 0.2) is 17.3 Å². The third-order valence-corrected chi connectivity index (χ3v) is 14.6. The Labute approximate surface area is 255 Å². The lowest BCUT2D eigenvalue weighted by Gasteiger charge is -2.71. The van der Waals surface area contributed by atoms with Crippen LogP contribution in [0, 0.1) is 50.2 Å². The monoisotopic (exact) mass is 614 g/mol. The van der Waals surface area contributed by atoms with Crippen LogP contribution in [0.5, 0.6) is 0 Å². The minimum Gasteiger partial charge on any atom is -0.468 e. The van der Waals surface area contributed by atoms with Gasteiger partial charge in [0.1, 0.15) is 11.7 Å². The maximum atomic E-state index is 14.5. The molecule has 8 atom stereocenters. The zero-order valence-electron chi connectivity index (χ0n) is 26.7. The molecule has 5 aliphatic rings. The van der Waals surface area contributed by atoms with Gasteiger partial charge >= 0.3 is 5.97 Å². The summed E-state index contributed by atoms with van der Waals surface area (Å²) in [4.78, 5) is 39.6. The van der Waals surface area contributed by atoms with Gasteiger partial charge in [-0.15, -0.1) is 0 Å². The highest BCUT2D eigenvalue weighted by molar-refractivity contribution is 7.90. The Kier molecular flexibility index (Phi) is 6.96. The van der Waals surface area contributed by atoms with Crippen molar-refractivity contribution < 1.29 is 32.6 Å². The number of nitrogens with zero attached hydrogens (tertiary/aromatic N) is 1. The van der Waals surface area contributed by atoms with Crippen molar-refractivity contribution >= 4 is 27.6 Å². The molecule has 5 aliphatic carbocycles. The van der Waals surface area contributed by atoms with E-state index >= 15 is 0 Å². The molecule has 236 valence electrons. The summed E-state index contributed by atoms with van der Waals surface area (Å²) in [6.07, 6.45) is 7.49. The van der Waals surface area contributed by atoms with Gasteiger partial charge in [-0.3, -0.25) is 14.4 Å². The molecular formula is C33H46N2O7S. The van der Waals surface area contributed by atoms with Crippen molar-refractivity contribution in [3.05, 3.63) is 23.3 Å². The molecule has 3 fully saturated rings. The number of nitriles is 1. The van der Waals surface area contributed by atoms with Gasteiger partial charge < -0.3 is 9.84 Å². The molecule has 9 nitrogen and oxygen atoms in total. The number of ketones is 2. The Morgan fingerprint density at radius 3 is 2.28 bits per heavy atom. The second-order valence-corrected chi connectivity index (χ2v) is 17.6. The molecule has 0 bridgehead atoms. The number of methoxy groups -OCH3 is 1. The van der Waals surface area contributed by atoms with E-state index in [2.05, 4.69) is 29.4 Å². The Balaban J connectivity index is 1.62. The fourth-order valence-electron chi connectivity index (χ4n) is 10.5. The minimum atomic E-state index is -4.03. The fourth-order valence-corrected chi connectivity index (χ4v) is 11.9. The summed E-state index contributed by atoms with van der Waals surface area (Å²) in [5.74, 6) is -2.87. The van der Waals surface area contributed by atoms with Crippen LogP contribution in [0.25, 0.3) is 0 Å². The van der Waals surface area contributed by atoms with Crippen molar-refractivity contribution in [2.45, 2.75) is 105 Å². The minimum absolute atomic E-state index is 0.109. The lowest BCUT2D eigenvalue weighted by Crippen LogP contribution is -2.74. The maximum absolute atomic E-state index is 14.5. The summed E-state index contributed by atoms with van der Waals surface area (Å²) in [5.41, 5.74) is -5.15. The van der Waals surface area contributed by atoms with Crippen molar-refractivity contribution in [1.82, 2.24) is 4.72 Å². The molecule has 0 aromatic rings. The van der Waals surface area contributed by atoms with E-state index in [9.17, 15) is 33.2 Å². The lowest BCUT2D eigenvalue weighted by molar-refractivity contribution is -0.239. The van der Waals surface area contributed by atoms with E-state index in [1.54, 1.807) is 19.1 Å². The SMILES string of the molecule is COC(=O)CS(=O)(=O)N[C@@]1(C)CC[C@@]2(C)CC[C@@]3(C)[C@]4(C)CC[C@H]5C(C)(C)C(=O)C(C#N)=C[C@]5(C)C4=CC(=O)[C@]3(O)[C@@H]2C1. The van der Waals surface area contributed by atoms with Crippen molar-refractivity contribution in [1.29, 1.82) is 5.26 Å². The van der Waals surface area contributed by atoms with Gasteiger partial charge in [0.25, 0.3) is 0 Å². The number of aliphatic hydroxyl groups is 1. The van der Waals surface area contributed by atoms with Gasteiger partial charge in [-0.05, 0) is 80.3 Å². The van der Waals surface area contributed by atoms with Crippen LogP contribution in [-0.4, -0.2) is 55.1 Å². The molecule has 0 aliphatic heterocycles. The fraction of sp³-hybridized carbons (Fsp3) is 0.758. The van der Waals surface area contributed by atoms with E-state index in [1.807, 2.05) is 27.7 Å². The average molecular weight is 615 g/mol. The molecule has 10 heteroatoms. The Morgan fingerprint density at radius 2 is 1.67 bits per heavy atom. The smallest absolute Gasteiger partial charge is 0.322 e. The van der Waals surface area contributed by atoms with Crippen LogP contribution in [0.3, 0.4) is 0 Å². The number of Topliss-reactive ketones (excluding diaryl/α,β-unsaturated/α-hetero) is 1. The topological polar surface area (TPSA) is 151 Å². The van der Waals surface area contributed by atoms with Gasteiger partial charge in [-0.25, -0.2) is 13.1 Å². The number of rotatable bonds is 4. The van der Waals surface area contributed by atoms with Crippen LogP contribution in [0.1, 0.15) is 93.4 Å². The number of fused-ring (bicyclic) bond motifs is 7. The summed E-state index contributed by atoms with van der Waals surface area (Å²) < 4.78 is 33.2. The molecule has 43 heavy (non-hydrogen) atoms. The highest BCUT2D eigenvalue weighted by atomic mass is 32.2. The van der Waals surface area contributed by atoms with Gasteiger partial charge in [-0.2, -0.15) is 5.26 Å². The molecule has 0 saturated heterocycles. The number of carbonyl (C=O) groups excluding carboxylic acids is 3. The maximum Gasteiger partial charge on any atom is 0.322 e. The Hall–Kier alpha value is -2.35. The molecule has 2 N–H and O–H groups in total. The van der Waals surface area contributed by atoms with Crippen molar-refractivity contribution in [2.75, 3.05) is 12.9 Å². The van der Waals surface area contributed by atoms with E-state index < -0.39 is 65.9 Å². The Morgan fingerprint density at radius 1 is 1.05 bits per heavy atom. The zero-order valence-corrected chi connectivity index (χ0v) is 27.5. The largest absolute Gasteiger partial charge is 0.468 e. The van der Waals surface area contributed by atoms with Crippen LogP contribution in [-0.2, 0) is 29.1 Å². The first kappa shape index (κ1) is 32.1. The normalized spacial score (nSPS) is 45.3. The summed E-state index contributed by atoms with van der Waals surface area (Å²) in [6.45, 7) is 13.9. The molecule has 3 saturated carbocycles. The van der Waals surface area contributed by atoms with Crippen molar-refractivity contribution in [2.24, 2.45) is 38.9 Å². The second kappa shape index (κ2) is 9.34. The Bertz CT molecular complexity index is 1520. The molecular weight excluding hydrogens is 568 g/mol. The van der Waals surface area contributed by atoms with Gasteiger partial charge in [0.05, 0.1) is 12.7 Å². The highest BCUT2D eigenvalue weighted by Crippen LogP contribution is 2.75. The number of carbonyl (C=O) groups is 3. The third-order valence-electron chi connectivity index (χ3n) is 13.2. The molecule has 5 rings (SSSR count). The number of sulfonamides is 1. The van der Waals surface area contributed by atoms with Crippen LogP contribution < -0.4 is 4.72 Å². The number of allylic oxidation sites excluding steroid dienone is 3. The summed E-state index contributed by atoms with van der Waals surface area (Å²) in [6, 6.07) is 2.11. The zero-order chi connectivity index (χ0) is 32.2. The quantitative estimate of drug-likeness (QED) is 0.448. The van der Waals surface area contributed by atoms with E-state index in [0.29, 0.717) is 32.1 Å². The number of hydrogen-bond acceptors (Lipinski definition) is 8. The molecule has 0 spiro atoms. The van der Waals surface area contributed by atoms with Crippen LogP contribution in [0.4, 0.5) is 0 Å². The number of esters is 1. The van der Waals surface area contributed by atoms with Crippen LogP contribution in [0.15, 0.2) is 23.3 Å². The third kappa shape index (κ3) is 4.13. The van der Waals surface area contributed by atoms with Crippen molar-refractivity contribution in [3.8, 4) is 6.07 Å². The first-order chi connectivity index (χ1) is 19.6.